The fraction of sp³-hybridized carbons (Fsp3) is 0.571. The van der Waals surface area contributed by atoms with Gasteiger partial charge in [0, 0.05) is 6.54 Å². The zero-order chi connectivity index (χ0) is 13.9. The van der Waals surface area contributed by atoms with Gasteiger partial charge in [-0.05, 0) is 62.9 Å². The minimum Gasteiger partial charge on any atom is -0.316 e. The van der Waals surface area contributed by atoms with Crippen molar-refractivity contribution in [3.05, 3.63) is 29.3 Å². The molecule has 1 fully saturated rings. The summed E-state index contributed by atoms with van der Waals surface area (Å²) in [5.74, 6) is 0.397. The van der Waals surface area contributed by atoms with Crippen LogP contribution in [-0.2, 0) is 10.0 Å². The van der Waals surface area contributed by atoms with E-state index in [4.69, 9.17) is 0 Å². The molecule has 0 radical (unpaired) electrons. The highest BCUT2D eigenvalue weighted by atomic mass is 32.2. The van der Waals surface area contributed by atoms with E-state index in [1.165, 1.54) is 0 Å². The molecule has 106 valence electrons. The summed E-state index contributed by atoms with van der Waals surface area (Å²) in [6.45, 7) is 6.24. The summed E-state index contributed by atoms with van der Waals surface area (Å²) in [4.78, 5) is 0.399. The lowest BCUT2D eigenvalue weighted by atomic mass is 10.0. The van der Waals surface area contributed by atoms with Crippen molar-refractivity contribution in [1.82, 2.24) is 10.0 Å². The molecule has 2 N–H and O–H groups in total. The van der Waals surface area contributed by atoms with Crippen molar-refractivity contribution in [2.24, 2.45) is 5.92 Å². The third-order valence-corrected chi connectivity index (χ3v) is 5.37. The predicted molar refractivity (Wildman–Crippen MR) is 76.7 cm³/mol. The Morgan fingerprint density at radius 3 is 2.84 bits per heavy atom. The first kappa shape index (κ1) is 14.5. The first-order valence-corrected chi connectivity index (χ1v) is 8.25. The summed E-state index contributed by atoms with van der Waals surface area (Å²) in [6.07, 6.45) is 2.21. The van der Waals surface area contributed by atoms with Gasteiger partial charge in [0.25, 0.3) is 0 Å². The summed E-state index contributed by atoms with van der Waals surface area (Å²) in [5, 5.41) is 3.30. The van der Waals surface area contributed by atoms with E-state index in [1.807, 2.05) is 19.9 Å². The fourth-order valence-electron chi connectivity index (χ4n) is 2.42. The molecule has 1 aliphatic heterocycles. The Morgan fingerprint density at radius 2 is 2.16 bits per heavy atom. The number of aryl methyl sites for hydroxylation is 1. The van der Waals surface area contributed by atoms with Gasteiger partial charge in [0.05, 0.1) is 4.90 Å². The van der Waals surface area contributed by atoms with Crippen molar-refractivity contribution in [3.63, 3.8) is 0 Å². The monoisotopic (exact) mass is 282 g/mol. The quantitative estimate of drug-likeness (QED) is 0.881. The Bertz CT molecular complexity index is 534. The lowest BCUT2D eigenvalue weighted by Crippen LogP contribution is -2.38. The molecule has 1 atom stereocenters. The first-order chi connectivity index (χ1) is 9.00. The number of sulfonamides is 1. The molecule has 2 rings (SSSR count). The summed E-state index contributed by atoms with van der Waals surface area (Å²) in [5.41, 5.74) is 1.83. The molecular formula is C14H22N2O2S. The topological polar surface area (TPSA) is 58.2 Å². The molecule has 1 aliphatic rings. The molecule has 19 heavy (non-hydrogen) atoms. The van der Waals surface area contributed by atoms with Gasteiger partial charge in [-0.2, -0.15) is 0 Å². The summed E-state index contributed by atoms with van der Waals surface area (Å²) in [6, 6.07) is 5.39. The average Bonchev–Trinajstić information content (AvgIpc) is 2.41. The van der Waals surface area contributed by atoms with Crippen LogP contribution in [0.4, 0.5) is 0 Å². The van der Waals surface area contributed by atoms with Crippen LogP contribution in [0.3, 0.4) is 0 Å². The van der Waals surface area contributed by atoms with Gasteiger partial charge >= 0.3 is 0 Å². The van der Waals surface area contributed by atoms with Gasteiger partial charge in [0.2, 0.25) is 10.0 Å². The Labute approximate surface area is 115 Å². The molecule has 0 aliphatic carbocycles. The first-order valence-electron chi connectivity index (χ1n) is 6.77. The van der Waals surface area contributed by atoms with Crippen molar-refractivity contribution in [2.75, 3.05) is 19.6 Å². The van der Waals surface area contributed by atoms with Gasteiger partial charge in [-0.25, -0.2) is 13.1 Å². The molecule has 0 aromatic heterocycles. The number of rotatable bonds is 4. The lowest BCUT2D eigenvalue weighted by molar-refractivity contribution is 0.376. The van der Waals surface area contributed by atoms with E-state index in [-0.39, 0.29) is 0 Å². The second-order valence-corrected chi connectivity index (χ2v) is 7.00. The highest BCUT2D eigenvalue weighted by Crippen LogP contribution is 2.18. The zero-order valence-electron chi connectivity index (χ0n) is 11.6. The maximum atomic E-state index is 12.3. The van der Waals surface area contributed by atoms with Crippen LogP contribution < -0.4 is 10.0 Å². The molecular weight excluding hydrogens is 260 g/mol. The van der Waals surface area contributed by atoms with Crippen LogP contribution in [0.25, 0.3) is 0 Å². The number of piperidine rings is 1. The Morgan fingerprint density at radius 1 is 1.37 bits per heavy atom. The van der Waals surface area contributed by atoms with E-state index < -0.39 is 10.0 Å². The van der Waals surface area contributed by atoms with Crippen LogP contribution in [0.1, 0.15) is 24.0 Å². The molecule has 4 nitrogen and oxygen atoms in total. The van der Waals surface area contributed by atoms with Crippen LogP contribution in [0.5, 0.6) is 0 Å². The second-order valence-electron chi connectivity index (χ2n) is 5.26. The van der Waals surface area contributed by atoms with Crippen LogP contribution in [-0.4, -0.2) is 28.1 Å². The van der Waals surface area contributed by atoms with Crippen LogP contribution >= 0.6 is 0 Å². The molecule has 1 saturated heterocycles. The molecule has 1 aromatic carbocycles. The Balaban J connectivity index is 2.07. The van der Waals surface area contributed by atoms with E-state index in [0.717, 1.165) is 37.1 Å². The predicted octanol–water partition coefficient (Wildman–Crippen LogP) is 1.58. The normalized spacial score (nSPS) is 20.4. The van der Waals surface area contributed by atoms with E-state index in [1.54, 1.807) is 12.1 Å². The third-order valence-electron chi connectivity index (χ3n) is 3.81. The largest absolute Gasteiger partial charge is 0.316 e. The Kier molecular flexibility index (Phi) is 4.60. The van der Waals surface area contributed by atoms with Gasteiger partial charge < -0.3 is 5.32 Å². The molecule has 0 bridgehead atoms. The van der Waals surface area contributed by atoms with Crippen molar-refractivity contribution >= 4 is 10.0 Å². The summed E-state index contributed by atoms with van der Waals surface area (Å²) in [7, 11) is -3.39. The Hall–Kier alpha value is -0.910. The average molecular weight is 282 g/mol. The van der Waals surface area contributed by atoms with Crippen LogP contribution in [0.15, 0.2) is 23.1 Å². The maximum Gasteiger partial charge on any atom is 0.240 e. The number of hydrogen-bond acceptors (Lipinski definition) is 3. The van der Waals surface area contributed by atoms with Crippen molar-refractivity contribution in [2.45, 2.75) is 31.6 Å². The van der Waals surface area contributed by atoms with Gasteiger partial charge in [-0.15, -0.1) is 0 Å². The lowest BCUT2D eigenvalue weighted by Gasteiger charge is -2.23. The molecule has 1 aromatic rings. The molecule has 0 spiro atoms. The van der Waals surface area contributed by atoms with Crippen molar-refractivity contribution in [3.8, 4) is 0 Å². The molecule has 0 saturated carbocycles. The van der Waals surface area contributed by atoms with E-state index in [9.17, 15) is 8.42 Å². The molecule has 0 amide bonds. The summed E-state index contributed by atoms with van der Waals surface area (Å²) < 4.78 is 27.4. The summed E-state index contributed by atoms with van der Waals surface area (Å²) >= 11 is 0. The minimum absolute atomic E-state index is 0.397. The van der Waals surface area contributed by atoms with Crippen LogP contribution in [0.2, 0.25) is 0 Å². The molecule has 1 heterocycles. The minimum atomic E-state index is -3.39. The fourth-order valence-corrected chi connectivity index (χ4v) is 3.85. The van der Waals surface area contributed by atoms with Gasteiger partial charge in [-0.3, -0.25) is 0 Å². The van der Waals surface area contributed by atoms with Crippen molar-refractivity contribution in [1.29, 1.82) is 0 Å². The molecule has 1 unspecified atom stereocenters. The molecule has 5 heteroatoms. The third kappa shape index (κ3) is 3.55. The van der Waals surface area contributed by atoms with Gasteiger partial charge in [-0.1, -0.05) is 12.1 Å². The number of hydrogen-bond donors (Lipinski definition) is 2. The zero-order valence-corrected chi connectivity index (χ0v) is 12.4. The standard InChI is InChI=1S/C14H22N2O2S/c1-11-5-3-7-14(12(11)2)19(17,18)16-10-13-6-4-8-15-9-13/h3,5,7,13,15-16H,4,6,8-10H2,1-2H3. The number of benzene rings is 1. The van der Waals surface area contributed by atoms with Gasteiger partial charge in [0.15, 0.2) is 0 Å². The maximum absolute atomic E-state index is 12.3. The number of nitrogens with one attached hydrogen (secondary N) is 2. The van der Waals surface area contributed by atoms with E-state index in [2.05, 4.69) is 10.0 Å². The van der Waals surface area contributed by atoms with Gasteiger partial charge in [0.1, 0.15) is 0 Å². The second kappa shape index (κ2) is 6.03. The van der Waals surface area contributed by atoms with E-state index >= 15 is 0 Å². The van der Waals surface area contributed by atoms with Crippen LogP contribution in [0, 0.1) is 19.8 Å². The van der Waals surface area contributed by atoms with Crippen molar-refractivity contribution < 1.29 is 8.42 Å². The highest BCUT2D eigenvalue weighted by Gasteiger charge is 2.20. The SMILES string of the molecule is Cc1cccc(S(=O)(=O)NCC2CCCNC2)c1C. The smallest absolute Gasteiger partial charge is 0.240 e. The highest BCUT2D eigenvalue weighted by molar-refractivity contribution is 7.89. The van der Waals surface area contributed by atoms with E-state index in [0.29, 0.717) is 17.4 Å².